The van der Waals surface area contributed by atoms with Gasteiger partial charge in [0.2, 0.25) is 0 Å². The molecule has 0 radical (unpaired) electrons. The summed E-state index contributed by atoms with van der Waals surface area (Å²) >= 11 is 0. The minimum Gasteiger partial charge on any atom is -0.492 e. The third-order valence-electron chi connectivity index (χ3n) is 4.71. The summed E-state index contributed by atoms with van der Waals surface area (Å²) in [5.74, 6) is -2.16. The fraction of sp³-hybridized carbons (Fsp3) is 0.550. The molecule has 1 aromatic heterocycles. The first-order valence-corrected chi connectivity index (χ1v) is 9.70. The van der Waals surface area contributed by atoms with Gasteiger partial charge in [0.25, 0.3) is 0 Å². The fourth-order valence-corrected chi connectivity index (χ4v) is 3.39. The number of carbonyl (C=O) groups excluding carboxylic acids is 2. The molecule has 0 N–H and O–H groups in total. The van der Waals surface area contributed by atoms with Gasteiger partial charge >= 0.3 is 17.8 Å². The van der Waals surface area contributed by atoms with Crippen molar-refractivity contribution in [1.82, 2.24) is 9.88 Å². The average molecular weight is 389 g/mol. The Kier molecular flexibility index (Phi) is 6.51. The van der Waals surface area contributed by atoms with Crippen LogP contribution in [-0.4, -0.2) is 61.0 Å². The van der Waals surface area contributed by atoms with E-state index in [9.17, 15) is 9.59 Å². The van der Waals surface area contributed by atoms with Crippen molar-refractivity contribution < 1.29 is 23.8 Å². The van der Waals surface area contributed by atoms with Gasteiger partial charge in [0.05, 0.1) is 31.2 Å². The molecule has 1 saturated heterocycles. The maximum atomic E-state index is 12.1. The van der Waals surface area contributed by atoms with Crippen LogP contribution in [0.2, 0.25) is 0 Å². The summed E-state index contributed by atoms with van der Waals surface area (Å²) in [6.45, 7) is 4.30. The van der Waals surface area contributed by atoms with Crippen LogP contribution in [0.15, 0.2) is 30.6 Å². The maximum Gasteiger partial charge on any atom is 0.356 e. The Balaban J connectivity index is 1.88. The molecule has 3 heterocycles. The number of carbonyl (C=O) groups is 2. The van der Waals surface area contributed by atoms with E-state index in [0.717, 1.165) is 44.4 Å². The van der Waals surface area contributed by atoms with Crippen molar-refractivity contribution in [3.05, 3.63) is 30.6 Å². The molecule has 8 heteroatoms. The molecule has 152 valence electrons. The molecule has 0 aliphatic carbocycles. The molecule has 0 unspecified atom stereocenters. The largest absolute Gasteiger partial charge is 0.492 e. The minimum absolute atomic E-state index is 0.230. The number of unbranched alkanes of at least 4 members (excludes halogenated alkanes) is 2. The Morgan fingerprint density at radius 3 is 2.61 bits per heavy atom. The highest BCUT2D eigenvalue weighted by Crippen LogP contribution is 2.33. The third-order valence-corrected chi connectivity index (χ3v) is 4.71. The maximum absolute atomic E-state index is 12.1. The number of nitrogens with zero attached hydrogens (tertiary/aromatic N) is 3. The molecule has 0 saturated carbocycles. The summed E-state index contributed by atoms with van der Waals surface area (Å²) in [5.41, 5.74) is 0.672. The van der Waals surface area contributed by atoms with E-state index in [1.165, 1.54) is 0 Å². The number of hydrogen-bond acceptors (Lipinski definition) is 8. The lowest BCUT2D eigenvalue weighted by Gasteiger charge is -2.41. The summed E-state index contributed by atoms with van der Waals surface area (Å²) in [6, 6.07) is 1.84. The average Bonchev–Trinajstić information content (AvgIpc) is 2.91. The Morgan fingerprint density at radius 1 is 1.14 bits per heavy atom. The Morgan fingerprint density at radius 2 is 1.89 bits per heavy atom. The highest BCUT2D eigenvalue weighted by molar-refractivity contribution is 5.93. The minimum atomic E-state index is -1.55. The fourth-order valence-electron chi connectivity index (χ4n) is 3.39. The summed E-state index contributed by atoms with van der Waals surface area (Å²) in [6.07, 6.45) is 9.49. The molecule has 0 bridgehead atoms. The number of hydrogen-bond donors (Lipinski definition) is 0. The molecule has 3 rings (SSSR count). The normalized spacial score (nSPS) is 19.7. The van der Waals surface area contributed by atoms with Gasteiger partial charge in [-0.2, -0.15) is 0 Å². The number of pyridine rings is 1. The van der Waals surface area contributed by atoms with Crippen molar-refractivity contribution in [3.63, 3.8) is 0 Å². The number of likely N-dealkylation sites (N-methyl/N-ethyl adjacent to an activating group) is 1. The van der Waals surface area contributed by atoms with Crippen LogP contribution in [0.5, 0.6) is 5.75 Å². The number of esters is 2. The highest BCUT2D eigenvalue weighted by atomic mass is 16.8. The second kappa shape index (κ2) is 9.05. The molecule has 2 aliphatic rings. The van der Waals surface area contributed by atoms with Crippen molar-refractivity contribution in [1.29, 1.82) is 0 Å². The van der Waals surface area contributed by atoms with Crippen LogP contribution in [0.25, 0.3) is 0 Å². The monoisotopic (exact) mass is 389 g/mol. The van der Waals surface area contributed by atoms with Crippen LogP contribution in [0, 0.1) is 0 Å². The number of ether oxygens (including phenoxy) is 3. The molecule has 8 nitrogen and oxygen atoms in total. The lowest BCUT2D eigenvalue weighted by atomic mass is 10.2. The lowest BCUT2D eigenvalue weighted by molar-refractivity contribution is -0.223. The van der Waals surface area contributed by atoms with Crippen LogP contribution in [0.4, 0.5) is 5.69 Å². The Labute approximate surface area is 165 Å². The molecule has 0 aromatic carbocycles. The van der Waals surface area contributed by atoms with Gasteiger partial charge in [-0.15, -0.1) is 0 Å². The van der Waals surface area contributed by atoms with Crippen molar-refractivity contribution in [2.75, 3.05) is 38.2 Å². The molecule has 1 spiro atoms. The second-order valence-corrected chi connectivity index (χ2v) is 7.07. The van der Waals surface area contributed by atoms with Gasteiger partial charge in [-0.1, -0.05) is 19.8 Å². The quantitative estimate of drug-likeness (QED) is 0.541. The van der Waals surface area contributed by atoms with Gasteiger partial charge in [-0.25, -0.2) is 9.59 Å². The molecule has 0 amide bonds. The van der Waals surface area contributed by atoms with Crippen LogP contribution in [0.1, 0.15) is 32.6 Å². The van der Waals surface area contributed by atoms with Gasteiger partial charge < -0.3 is 14.2 Å². The van der Waals surface area contributed by atoms with Crippen LogP contribution in [0.3, 0.4) is 0 Å². The summed E-state index contributed by atoms with van der Waals surface area (Å²) in [5, 5.41) is 0. The Hall–Kier alpha value is -2.61. The van der Waals surface area contributed by atoms with E-state index in [0.29, 0.717) is 24.6 Å². The first kappa shape index (κ1) is 20.1. The molecule has 28 heavy (non-hydrogen) atoms. The predicted octanol–water partition coefficient (Wildman–Crippen LogP) is 2.10. The van der Waals surface area contributed by atoms with Gasteiger partial charge in [-0.3, -0.25) is 14.8 Å². The van der Waals surface area contributed by atoms with Crippen molar-refractivity contribution in [2.24, 2.45) is 0 Å². The topological polar surface area (TPSA) is 81.2 Å². The van der Waals surface area contributed by atoms with Crippen LogP contribution >= 0.6 is 0 Å². The third kappa shape index (κ3) is 4.81. The summed E-state index contributed by atoms with van der Waals surface area (Å²) < 4.78 is 17.1. The van der Waals surface area contributed by atoms with E-state index < -0.39 is 17.8 Å². The van der Waals surface area contributed by atoms with Crippen LogP contribution < -0.4 is 9.64 Å². The van der Waals surface area contributed by atoms with Gasteiger partial charge in [0, 0.05) is 24.8 Å². The Bertz CT molecular complexity index is 716. The van der Waals surface area contributed by atoms with Crippen LogP contribution in [-0.2, 0) is 19.1 Å². The standard InChI is InChI=1S/C20H27N3O5/c1-3-4-5-11-26-17-12-16(13-21-14-17)23-10-6-9-22(2)15-20(23)27-18(24)7-8-19(25)28-20/h7-8,12-14H,3-6,9-11,15H2,1-2H3. The number of anilines is 1. The van der Waals surface area contributed by atoms with Gasteiger partial charge in [-0.05, 0) is 26.4 Å². The van der Waals surface area contributed by atoms with E-state index in [2.05, 4.69) is 11.9 Å². The molecular formula is C20H27N3O5. The predicted molar refractivity (Wildman–Crippen MR) is 103 cm³/mol. The van der Waals surface area contributed by atoms with Crippen molar-refractivity contribution in [3.8, 4) is 5.75 Å². The summed E-state index contributed by atoms with van der Waals surface area (Å²) in [7, 11) is 1.90. The van der Waals surface area contributed by atoms with E-state index >= 15 is 0 Å². The SMILES string of the molecule is CCCCCOc1cncc(N2CCCN(C)CC23OC(=O)C=CC(=O)O3)c1. The second-order valence-electron chi connectivity index (χ2n) is 7.07. The molecule has 2 aliphatic heterocycles. The molecule has 1 fully saturated rings. The zero-order valence-electron chi connectivity index (χ0n) is 16.4. The van der Waals surface area contributed by atoms with Crippen molar-refractivity contribution >= 4 is 17.6 Å². The molecule has 1 aromatic rings. The van der Waals surface area contributed by atoms with E-state index in [-0.39, 0.29) is 6.54 Å². The first-order chi connectivity index (χ1) is 13.5. The first-order valence-electron chi connectivity index (χ1n) is 9.70. The molecule has 0 atom stereocenters. The number of rotatable bonds is 6. The number of aromatic nitrogens is 1. The zero-order chi connectivity index (χ0) is 20.0. The smallest absolute Gasteiger partial charge is 0.356 e. The van der Waals surface area contributed by atoms with Gasteiger partial charge in [0.15, 0.2) is 0 Å². The van der Waals surface area contributed by atoms with E-state index in [1.807, 2.05) is 18.0 Å². The molecular weight excluding hydrogens is 362 g/mol. The lowest BCUT2D eigenvalue weighted by Crippen LogP contribution is -2.59. The van der Waals surface area contributed by atoms with E-state index in [1.54, 1.807) is 17.3 Å². The van der Waals surface area contributed by atoms with Gasteiger partial charge in [0.1, 0.15) is 5.75 Å². The van der Waals surface area contributed by atoms with E-state index in [4.69, 9.17) is 14.2 Å². The highest BCUT2D eigenvalue weighted by Gasteiger charge is 2.48. The zero-order valence-corrected chi connectivity index (χ0v) is 16.4. The van der Waals surface area contributed by atoms with Crippen molar-refractivity contribution in [2.45, 2.75) is 38.5 Å². The summed E-state index contributed by atoms with van der Waals surface area (Å²) in [4.78, 5) is 32.3.